The van der Waals surface area contributed by atoms with Crippen LogP contribution in [0.4, 0.5) is 0 Å². The zero-order chi connectivity index (χ0) is 23.1. The van der Waals surface area contributed by atoms with Crippen LogP contribution in [0.2, 0.25) is 0 Å². The molecule has 1 aliphatic rings. The normalized spacial score (nSPS) is 15.6. The summed E-state index contributed by atoms with van der Waals surface area (Å²) >= 11 is 4.59. The summed E-state index contributed by atoms with van der Waals surface area (Å²) < 4.78 is 24.4. The third-order valence-electron chi connectivity index (χ3n) is 4.79. The Morgan fingerprint density at radius 2 is 2.09 bits per heavy atom. The van der Waals surface area contributed by atoms with Gasteiger partial charge in [-0.25, -0.2) is 0 Å². The van der Waals surface area contributed by atoms with Gasteiger partial charge in [0.25, 0.3) is 5.56 Å². The van der Waals surface area contributed by atoms with Crippen LogP contribution in [0, 0.1) is 0 Å². The van der Waals surface area contributed by atoms with Crippen molar-refractivity contribution in [3.63, 3.8) is 0 Å². The summed E-state index contributed by atoms with van der Waals surface area (Å²) in [5, 5.41) is 4.36. The fourth-order valence-corrected chi connectivity index (χ4v) is 4.80. The van der Waals surface area contributed by atoms with Crippen LogP contribution in [0.3, 0.4) is 0 Å². The number of hydrogen-bond donors (Lipinski definition) is 0. The largest absolute Gasteiger partial charge is 0.493 e. The molecule has 1 unspecified atom stereocenters. The van der Waals surface area contributed by atoms with Crippen molar-refractivity contribution < 1.29 is 23.7 Å². The Hall–Kier alpha value is -3.44. The monoisotopic (exact) mass is 529 g/mol. The van der Waals surface area contributed by atoms with E-state index in [0.717, 1.165) is 0 Å². The van der Waals surface area contributed by atoms with Crippen molar-refractivity contribution in [2.24, 2.45) is 0 Å². The number of carbonyl (C=O) groups excluding carboxylic acids is 1. The molecule has 0 saturated heterocycles. The number of fused-ring (bicyclic) bond motifs is 2. The minimum absolute atomic E-state index is 0.254. The van der Waals surface area contributed by atoms with Gasteiger partial charge in [0.05, 0.1) is 16.1 Å². The summed E-state index contributed by atoms with van der Waals surface area (Å²) in [6.07, 6.45) is 1.19. The van der Waals surface area contributed by atoms with Crippen molar-refractivity contribution >= 4 is 44.3 Å². The second-order valence-corrected chi connectivity index (χ2v) is 8.94. The summed E-state index contributed by atoms with van der Waals surface area (Å²) in [6.45, 7) is 1.56. The van der Waals surface area contributed by atoms with Crippen molar-refractivity contribution in [3.8, 4) is 23.0 Å². The van der Waals surface area contributed by atoms with E-state index >= 15 is 0 Å². The highest BCUT2D eigenvalue weighted by molar-refractivity contribution is 9.10. The first-order chi connectivity index (χ1) is 15.9. The number of ether oxygens (including phenoxy) is 4. The molecule has 0 spiro atoms. The van der Waals surface area contributed by atoms with E-state index in [2.05, 4.69) is 26.0 Å². The Kier molecular flexibility index (Phi) is 5.51. The summed E-state index contributed by atoms with van der Waals surface area (Å²) in [4.78, 5) is 29.2. The lowest BCUT2D eigenvalue weighted by atomic mass is 10.2. The minimum Gasteiger partial charge on any atom is -0.493 e. The van der Waals surface area contributed by atoms with Gasteiger partial charge in [0, 0.05) is 6.92 Å². The molecule has 2 aromatic carbocycles. The summed E-state index contributed by atoms with van der Waals surface area (Å²) in [5.74, 6) is 1.82. The molecule has 11 heteroatoms. The van der Waals surface area contributed by atoms with E-state index in [1.165, 1.54) is 29.9 Å². The Morgan fingerprint density at radius 1 is 1.30 bits per heavy atom. The minimum atomic E-state index is -0.507. The van der Waals surface area contributed by atoms with Crippen LogP contribution in [0.25, 0.3) is 11.0 Å². The highest BCUT2D eigenvalue weighted by Gasteiger charge is 2.27. The lowest BCUT2D eigenvalue weighted by Gasteiger charge is -2.24. The molecule has 0 aliphatic carbocycles. The fraction of sp³-hybridized carbons (Fsp3) is 0.182. The number of thiazole rings is 1. The molecule has 9 nitrogen and oxygen atoms in total. The molecule has 0 fully saturated rings. The average molecular weight is 530 g/mol. The molecule has 1 aliphatic heterocycles. The van der Waals surface area contributed by atoms with Gasteiger partial charge in [-0.15, -0.1) is 5.10 Å². The second-order valence-electron chi connectivity index (χ2n) is 7.07. The first-order valence-electron chi connectivity index (χ1n) is 9.78. The molecule has 0 amide bonds. The standard InChI is InChI=1S/C22H16BrN3O6S/c1-11(27)31-19-13(23)7-12(8-16(19)29-2)9-18-21(28)26-22(33-18)24-20(25-26)17-10-30-14-5-3-4-6-15(14)32-17/h3-9,17H,10H2,1-2H3/b18-9+. The van der Waals surface area contributed by atoms with Gasteiger partial charge in [0.1, 0.15) is 6.61 Å². The van der Waals surface area contributed by atoms with Gasteiger partial charge in [0.15, 0.2) is 34.9 Å². The van der Waals surface area contributed by atoms with E-state index in [1.807, 2.05) is 24.3 Å². The zero-order valence-electron chi connectivity index (χ0n) is 17.4. The number of carbonyl (C=O) groups is 1. The van der Waals surface area contributed by atoms with Crippen molar-refractivity contribution in [2.75, 3.05) is 13.7 Å². The quantitative estimate of drug-likeness (QED) is 0.293. The van der Waals surface area contributed by atoms with E-state index < -0.39 is 12.1 Å². The molecule has 33 heavy (non-hydrogen) atoms. The fourth-order valence-electron chi connectivity index (χ4n) is 3.35. The maximum atomic E-state index is 12.9. The number of rotatable bonds is 4. The molecule has 2 aromatic heterocycles. The Labute approximate surface area is 199 Å². The van der Waals surface area contributed by atoms with E-state index in [9.17, 15) is 9.59 Å². The molecular formula is C22H16BrN3O6S. The Balaban J connectivity index is 1.48. The van der Waals surface area contributed by atoms with Crippen LogP contribution in [-0.4, -0.2) is 34.3 Å². The van der Waals surface area contributed by atoms with Crippen LogP contribution in [0.1, 0.15) is 24.4 Å². The first-order valence-corrected chi connectivity index (χ1v) is 11.4. The molecule has 0 bridgehead atoms. The number of benzene rings is 2. The molecule has 3 heterocycles. The zero-order valence-corrected chi connectivity index (χ0v) is 19.8. The van der Waals surface area contributed by atoms with Gasteiger partial charge in [-0.05, 0) is 51.8 Å². The third-order valence-corrected chi connectivity index (χ3v) is 6.34. The number of hydrogen-bond acceptors (Lipinski definition) is 9. The van der Waals surface area contributed by atoms with Crippen LogP contribution in [-0.2, 0) is 4.79 Å². The second kappa shape index (κ2) is 8.49. The first kappa shape index (κ1) is 21.4. The van der Waals surface area contributed by atoms with Crippen LogP contribution >= 0.6 is 27.3 Å². The summed E-state index contributed by atoms with van der Waals surface area (Å²) in [5.41, 5.74) is 0.377. The summed E-state index contributed by atoms with van der Waals surface area (Å²) in [6, 6.07) is 10.8. The van der Waals surface area contributed by atoms with Crippen LogP contribution in [0.5, 0.6) is 23.0 Å². The molecule has 0 radical (unpaired) electrons. The van der Waals surface area contributed by atoms with Gasteiger partial charge in [0.2, 0.25) is 4.96 Å². The number of aromatic nitrogens is 3. The lowest BCUT2D eigenvalue weighted by Crippen LogP contribution is -2.26. The number of halogens is 1. The molecule has 1 atom stereocenters. The van der Waals surface area contributed by atoms with Gasteiger partial charge < -0.3 is 18.9 Å². The van der Waals surface area contributed by atoms with Crippen molar-refractivity contribution in [1.82, 2.24) is 14.6 Å². The van der Waals surface area contributed by atoms with Gasteiger partial charge >= 0.3 is 5.97 Å². The number of para-hydroxylation sites is 2. The highest BCUT2D eigenvalue weighted by atomic mass is 79.9. The number of esters is 1. The molecule has 5 rings (SSSR count). The summed E-state index contributed by atoms with van der Waals surface area (Å²) in [7, 11) is 1.47. The average Bonchev–Trinajstić information content (AvgIpc) is 3.34. The van der Waals surface area contributed by atoms with Crippen molar-refractivity contribution in [3.05, 3.63) is 67.1 Å². The molecule has 0 saturated carbocycles. The van der Waals surface area contributed by atoms with Gasteiger partial charge in [-0.3, -0.25) is 9.59 Å². The van der Waals surface area contributed by atoms with Crippen molar-refractivity contribution in [1.29, 1.82) is 0 Å². The van der Waals surface area contributed by atoms with Gasteiger partial charge in [-0.1, -0.05) is 23.5 Å². The Bertz CT molecular complexity index is 1500. The maximum Gasteiger partial charge on any atom is 0.308 e. The predicted octanol–water partition coefficient (Wildman–Crippen LogP) is 2.91. The molecule has 4 aromatic rings. The van der Waals surface area contributed by atoms with Crippen LogP contribution in [0.15, 0.2) is 45.7 Å². The van der Waals surface area contributed by atoms with E-state index in [1.54, 1.807) is 18.2 Å². The highest BCUT2D eigenvalue weighted by Crippen LogP contribution is 2.37. The lowest BCUT2D eigenvalue weighted by molar-refractivity contribution is -0.132. The number of nitrogens with zero attached hydrogens (tertiary/aromatic N) is 3. The van der Waals surface area contributed by atoms with E-state index in [0.29, 0.717) is 42.6 Å². The van der Waals surface area contributed by atoms with Crippen LogP contribution < -0.4 is 29.0 Å². The van der Waals surface area contributed by atoms with E-state index in [-0.39, 0.29) is 17.9 Å². The van der Waals surface area contributed by atoms with Gasteiger partial charge in [-0.2, -0.15) is 9.50 Å². The maximum absolute atomic E-state index is 12.9. The Morgan fingerprint density at radius 3 is 2.82 bits per heavy atom. The third kappa shape index (κ3) is 4.05. The topological polar surface area (TPSA) is 101 Å². The van der Waals surface area contributed by atoms with E-state index in [4.69, 9.17) is 18.9 Å². The number of methoxy groups -OCH3 is 1. The molecular weight excluding hydrogens is 514 g/mol. The SMILES string of the molecule is COc1cc(/C=c2/sc3nc(C4COc5ccccc5O4)nn3c2=O)cc(Br)c1OC(C)=O. The molecule has 0 N–H and O–H groups in total. The predicted molar refractivity (Wildman–Crippen MR) is 123 cm³/mol. The molecule has 168 valence electrons. The smallest absolute Gasteiger partial charge is 0.308 e. The van der Waals surface area contributed by atoms with Crippen molar-refractivity contribution in [2.45, 2.75) is 13.0 Å².